The predicted octanol–water partition coefficient (Wildman–Crippen LogP) is 3.04. The summed E-state index contributed by atoms with van der Waals surface area (Å²) in [5, 5.41) is 5.12. The Hall–Kier alpha value is -1.25. The van der Waals surface area contributed by atoms with Crippen LogP contribution in [-0.4, -0.2) is 26.8 Å². The second-order valence-corrected chi connectivity index (χ2v) is 10.8. The third-order valence-corrected chi connectivity index (χ3v) is 8.05. The summed E-state index contributed by atoms with van der Waals surface area (Å²) in [7, 11) is -3.93. The molecule has 0 amide bonds. The average molecular weight is 456 g/mol. The quantitative estimate of drug-likeness (QED) is 0.686. The molecule has 1 aromatic carbocycles. The van der Waals surface area contributed by atoms with Gasteiger partial charge in [-0.05, 0) is 90.4 Å². The van der Waals surface area contributed by atoms with Crippen molar-refractivity contribution in [3.63, 3.8) is 0 Å². The van der Waals surface area contributed by atoms with Crippen LogP contribution in [0.3, 0.4) is 0 Å². The van der Waals surface area contributed by atoms with Crippen LogP contribution in [0, 0.1) is 23.2 Å². The van der Waals surface area contributed by atoms with E-state index in [9.17, 15) is 18.0 Å². The number of ketones is 1. The van der Waals surface area contributed by atoms with E-state index in [-0.39, 0.29) is 28.3 Å². The van der Waals surface area contributed by atoms with Crippen molar-refractivity contribution < 1.29 is 22.7 Å². The van der Waals surface area contributed by atoms with Crippen molar-refractivity contribution >= 4 is 37.7 Å². The first-order valence-corrected chi connectivity index (χ1v) is 11.5. The van der Waals surface area contributed by atoms with Crippen LogP contribution in [-0.2, 0) is 19.6 Å². The van der Waals surface area contributed by atoms with Gasteiger partial charge in [0.25, 0.3) is 0 Å². The molecule has 0 aromatic heterocycles. The zero-order valence-corrected chi connectivity index (χ0v) is 17.2. The average Bonchev–Trinajstić information content (AvgIpc) is 2.57. The summed E-state index contributed by atoms with van der Waals surface area (Å²) in [6.45, 7) is -0.267. The highest BCUT2D eigenvalue weighted by molar-refractivity contribution is 9.10. The topological polar surface area (TPSA) is 104 Å². The van der Waals surface area contributed by atoms with E-state index in [1.54, 1.807) is 0 Å². The number of rotatable bonds is 5. The molecule has 27 heavy (non-hydrogen) atoms. The molecule has 4 saturated carbocycles. The van der Waals surface area contributed by atoms with E-state index in [1.807, 2.05) is 0 Å². The number of carbonyl (C=O) groups is 2. The molecule has 1 aromatic rings. The summed E-state index contributed by atoms with van der Waals surface area (Å²) in [6.07, 6.45) is 6.46. The minimum Gasteiger partial charge on any atom is -0.454 e. The van der Waals surface area contributed by atoms with E-state index in [4.69, 9.17) is 9.88 Å². The summed E-state index contributed by atoms with van der Waals surface area (Å²) < 4.78 is 28.7. The van der Waals surface area contributed by atoms with E-state index in [1.165, 1.54) is 31.4 Å². The van der Waals surface area contributed by atoms with E-state index in [2.05, 4.69) is 15.9 Å². The van der Waals surface area contributed by atoms with Gasteiger partial charge in [-0.15, -0.1) is 0 Å². The number of esters is 1. The Morgan fingerprint density at radius 3 is 2.19 bits per heavy atom. The number of carbonyl (C=O) groups excluding carboxylic acids is 2. The second-order valence-electron chi connectivity index (χ2n) is 8.38. The Morgan fingerprint density at radius 2 is 1.67 bits per heavy atom. The number of nitrogens with two attached hydrogens (primary N) is 1. The van der Waals surface area contributed by atoms with Crippen molar-refractivity contribution in [1.29, 1.82) is 0 Å². The molecule has 2 N–H and O–H groups in total. The number of halogens is 1. The molecule has 4 aliphatic rings. The molecule has 4 bridgehead atoms. The summed E-state index contributed by atoms with van der Waals surface area (Å²) in [5.41, 5.74) is -0.283. The third kappa shape index (κ3) is 3.59. The minimum atomic E-state index is -3.93. The van der Waals surface area contributed by atoms with Gasteiger partial charge < -0.3 is 4.74 Å². The molecule has 4 aliphatic carbocycles. The van der Waals surface area contributed by atoms with Crippen LogP contribution in [0.15, 0.2) is 27.6 Å². The molecule has 5 rings (SSSR count). The van der Waals surface area contributed by atoms with Crippen molar-refractivity contribution in [3.8, 4) is 0 Å². The van der Waals surface area contributed by atoms with Crippen LogP contribution in [0.5, 0.6) is 0 Å². The van der Waals surface area contributed by atoms with E-state index >= 15 is 0 Å². The summed E-state index contributed by atoms with van der Waals surface area (Å²) in [4.78, 5) is 25.2. The molecule has 6 nitrogen and oxygen atoms in total. The molecule has 0 saturated heterocycles. The number of benzene rings is 1. The van der Waals surface area contributed by atoms with Crippen LogP contribution in [0.4, 0.5) is 0 Å². The van der Waals surface area contributed by atoms with E-state index in [0.29, 0.717) is 22.2 Å². The number of Topliss-reactive ketones (excluding diaryl/α,β-unsaturated/α-hetero) is 1. The Balaban J connectivity index is 1.46. The molecule has 4 fully saturated rings. The maximum Gasteiger partial charge on any atom is 0.339 e. The lowest BCUT2D eigenvalue weighted by Crippen LogP contribution is -2.51. The van der Waals surface area contributed by atoms with Gasteiger partial charge in [-0.25, -0.2) is 18.4 Å². The fraction of sp³-hybridized carbons (Fsp3) is 0.579. The molecule has 0 heterocycles. The van der Waals surface area contributed by atoms with E-state index in [0.717, 1.165) is 25.3 Å². The first-order valence-electron chi connectivity index (χ1n) is 9.19. The maximum absolute atomic E-state index is 12.9. The fourth-order valence-electron chi connectivity index (χ4n) is 5.65. The van der Waals surface area contributed by atoms with Crippen molar-refractivity contribution in [2.24, 2.45) is 28.3 Å². The first-order chi connectivity index (χ1) is 12.7. The SMILES string of the molecule is NS(=O)(=O)c1ccc(Br)c(C(=O)OCC(=O)C23CC4CC(CC(C4)C2)C3)c1. The van der Waals surface area contributed by atoms with Gasteiger partial charge in [0.15, 0.2) is 12.4 Å². The van der Waals surface area contributed by atoms with Gasteiger partial charge in [0.05, 0.1) is 10.5 Å². The lowest BCUT2D eigenvalue weighted by Gasteiger charge is -2.55. The van der Waals surface area contributed by atoms with Crippen LogP contribution in [0.2, 0.25) is 0 Å². The molecule has 0 atom stereocenters. The van der Waals surface area contributed by atoms with Crippen molar-refractivity contribution in [3.05, 3.63) is 28.2 Å². The fourth-order valence-corrected chi connectivity index (χ4v) is 6.60. The number of primary sulfonamides is 1. The predicted molar refractivity (Wildman–Crippen MR) is 101 cm³/mol. The van der Waals surface area contributed by atoms with Gasteiger partial charge in [0.1, 0.15) is 0 Å². The Kier molecular flexibility index (Phi) is 4.71. The standard InChI is InChI=1S/C19H22BrNO5S/c20-16-2-1-14(27(21,24)25)6-15(16)18(23)26-10-17(22)19-7-11-3-12(8-19)5-13(4-11)9-19/h1-2,6,11-13H,3-5,7-10H2,(H2,21,24,25). The molecule has 0 radical (unpaired) electrons. The first kappa shape index (κ1) is 19.1. The maximum atomic E-state index is 12.9. The monoisotopic (exact) mass is 455 g/mol. The summed E-state index contributed by atoms with van der Waals surface area (Å²) >= 11 is 3.21. The third-order valence-electron chi connectivity index (χ3n) is 6.45. The smallest absolute Gasteiger partial charge is 0.339 e. The lowest BCUT2D eigenvalue weighted by molar-refractivity contribution is -0.147. The molecule has 8 heteroatoms. The highest BCUT2D eigenvalue weighted by Gasteiger charge is 2.54. The normalized spacial score (nSPS) is 31.7. The Bertz CT molecular complexity index is 875. The highest BCUT2D eigenvalue weighted by atomic mass is 79.9. The van der Waals surface area contributed by atoms with Crippen molar-refractivity contribution in [2.45, 2.75) is 43.4 Å². The van der Waals surface area contributed by atoms with Gasteiger partial charge in [-0.3, -0.25) is 4.79 Å². The van der Waals surface area contributed by atoms with Gasteiger partial charge in [0, 0.05) is 9.89 Å². The molecular formula is C19H22BrNO5S. The van der Waals surface area contributed by atoms with Crippen LogP contribution in [0.1, 0.15) is 48.9 Å². The lowest BCUT2D eigenvalue weighted by atomic mass is 9.48. The van der Waals surface area contributed by atoms with Crippen molar-refractivity contribution in [2.75, 3.05) is 6.61 Å². The van der Waals surface area contributed by atoms with E-state index < -0.39 is 16.0 Å². The zero-order valence-electron chi connectivity index (χ0n) is 14.8. The van der Waals surface area contributed by atoms with Crippen LogP contribution < -0.4 is 5.14 Å². The number of hydrogen-bond acceptors (Lipinski definition) is 5. The summed E-state index contributed by atoms with van der Waals surface area (Å²) in [6, 6.07) is 3.89. The van der Waals surface area contributed by atoms with Crippen molar-refractivity contribution in [1.82, 2.24) is 0 Å². The largest absolute Gasteiger partial charge is 0.454 e. The number of hydrogen-bond donors (Lipinski definition) is 1. The Morgan fingerprint density at radius 1 is 1.11 bits per heavy atom. The minimum absolute atomic E-state index is 0.00803. The van der Waals surface area contributed by atoms with Gasteiger partial charge in [0.2, 0.25) is 10.0 Å². The number of ether oxygens (including phenoxy) is 1. The van der Waals surface area contributed by atoms with Crippen LogP contribution in [0.25, 0.3) is 0 Å². The van der Waals surface area contributed by atoms with Gasteiger partial charge in [-0.1, -0.05) is 0 Å². The van der Waals surface area contributed by atoms with Gasteiger partial charge >= 0.3 is 5.97 Å². The zero-order chi connectivity index (χ0) is 19.4. The van der Waals surface area contributed by atoms with Gasteiger partial charge in [-0.2, -0.15) is 0 Å². The molecule has 0 unspecified atom stereocenters. The molecular weight excluding hydrogens is 434 g/mol. The van der Waals surface area contributed by atoms with Crippen LogP contribution >= 0.6 is 15.9 Å². The number of sulfonamides is 1. The Labute approximate surface area is 167 Å². The molecule has 146 valence electrons. The summed E-state index contributed by atoms with van der Waals surface area (Å²) in [5.74, 6) is 1.18. The highest BCUT2D eigenvalue weighted by Crippen LogP contribution is 2.60. The molecule has 0 spiro atoms. The molecule has 0 aliphatic heterocycles. The second kappa shape index (κ2) is 6.67.